The van der Waals surface area contributed by atoms with Crippen molar-refractivity contribution in [2.75, 3.05) is 11.1 Å². The molecular formula is C14H15BrN6. The van der Waals surface area contributed by atoms with Crippen LogP contribution in [0, 0.1) is 0 Å². The van der Waals surface area contributed by atoms with E-state index in [2.05, 4.69) is 43.4 Å². The smallest absolute Gasteiger partial charge is 0.152 e. The first-order chi connectivity index (χ1) is 10.2. The highest BCUT2D eigenvalue weighted by molar-refractivity contribution is 9.10. The molecule has 3 rings (SSSR count). The predicted molar refractivity (Wildman–Crippen MR) is 86.9 cm³/mol. The third-order valence-electron chi connectivity index (χ3n) is 3.32. The van der Waals surface area contributed by atoms with E-state index in [1.54, 1.807) is 12.5 Å². The SMILES string of the molecule is CCn1cnnc1CNc1ccc(N)c2cc(Br)cnc12. The Bertz CT molecular complexity index is 782. The summed E-state index contributed by atoms with van der Waals surface area (Å²) >= 11 is 3.42. The van der Waals surface area contributed by atoms with Crippen LogP contribution in [0.4, 0.5) is 11.4 Å². The van der Waals surface area contributed by atoms with Crippen LogP contribution in [0.2, 0.25) is 0 Å². The van der Waals surface area contributed by atoms with E-state index in [0.29, 0.717) is 12.2 Å². The minimum atomic E-state index is 0.588. The van der Waals surface area contributed by atoms with Gasteiger partial charge in [0.15, 0.2) is 5.82 Å². The molecule has 0 aliphatic heterocycles. The summed E-state index contributed by atoms with van der Waals surface area (Å²) in [5.41, 5.74) is 8.50. The van der Waals surface area contributed by atoms with Crippen molar-refractivity contribution in [2.24, 2.45) is 0 Å². The topological polar surface area (TPSA) is 81.7 Å². The standard InChI is InChI=1S/C14H15BrN6/c1-2-21-8-19-20-13(21)7-17-12-4-3-11(16)10-5-9(15)6-18-14(10)12/h3-6,8,17H,2,7,16H2,1H3. The van der Waals surface area contributed by atoms with Gasteiger partial charge in [0.1, 0.15) is 6.33 Å². The Hall–Kier alpha value is -2.15. The number of pyridine rings is 1. The van der Waals surface area contributed by atoms with Gasteiger partial charge in [0.2, 0.25) is 0 Å². The fraction of sp³-hybridized carbons (Fsp3) is 0.214. The number of fused-ring (bicyclic) bond motifs is 1. The molecule has 108 valence electrons. The van der Waals surface area contributed by atoms with Crippen molar-refractivity contribution < 1.29 is 0 Å². The van der Waals surface area contributed by atoms with E-state index in [1.807, 2.05) is 22.8 Å². The molecule has 0 spiro atoms. The fourth-order valence-corrected chi connectivity index (χ4v) is 2.54. The van der Waals surface area contributed by atoms with Gasteiger partial charge in [0.25, 0.3) is 0 Å². The van der Waals surface area contributed by atoms with E-state index in [4.69, 9.17) is 5.73 Å². The van der Waals surface area contributed by atoms with E-state index >= 15 is 0 Å². The number of aromatic nitrogens is 4. The van der Waals surface area contributed by atoms with Crippen LogP contribution in [0.1, 0.15) is 12.7 Å². The number of anilines is 2. The Kier molecular flexibility index (Phi) is 3.74. The number of benzene rings is 1. The minimum absolute atomic E-state index is 0.588. The molecule has 3 N–H and O–H groups in total. The molecule has 0 fully saturated rings. The molecule has 6 nitrogen and oxygen atoms in total. The summed E-state index contributed by atoms with van der Waals surface area (Å²) < 4.78 is 2.90. The van der Waals surface area contributed by atoms with E-state index in [0.717, 1.165) is 33.4 Å². The van der Waals surface area contributed by atoms with Gasteiger partial charge in [-0.15, -0.1) is 10.2 Å². The summed E-state index contributed by atoms with van der Waals surface area (Å²) in [7, 11) is 0. The molecule has 0 aliphatic rings. The number of hydrogen-bond acceptors (Lipinski definition) is 5. The average Bonchev–Trinajstić information content (AvgIpc) is 2.94. The van der Waals surface area contributed by atoms with Gasteiger partial charge in [-0.05, 0) is 41.1 Å². The molecule has 0 radical (unpaired) electrons. The van der Waals surface area contributed by atoms with Gasteiger partial charge in [-0.25, -0.2) is 0 Å². The molecule has 0 saturated heterocycles. The number of hydrogen-bond donors (Lipinski definition) is 2. The highest BCUT2D eigenvalue weighted by Crippen LogP contribution is 2.29. The normalized spacial score (nSPS) is 11.0. The summed E-state index contributed by atoms with van der Waals surface area (Å²) in [4.78, 5) is 4.45. The first-order valence-electron chi connectivity index (χ1n) is 6.63. The zero-order chi connectivity index (χ0) is 14.8. The van der Waals surface area contributed by atoms with Gasteiger partial charge in [0.05, 0.1) is 17.7 Å². The van der Waals surface area contributed by atoms with Crippen LogP contribution in [-0.4, -0.2) is 19.7 Å². The number of nitrogens with one attached hydrogen (secondary N) is 1. The van der Waals surface area contributed by atoms with Gasteiger partial charge in [-0.3, -0.25) is 4.98 Å². The molecule has 0 amide bonds. The second kappa shape index (κ2) is 5.69. The number of aryl methyl sites for hydroxylation is 1. The monoisotopic (exact) mass is 346 g/mol. The van der Waals surface area contributed by atoms with Crippen molar-refractivity contribution in [3.05, 3.63) is 41.0 Å². The molecule has 3 aromatic rings. The Morgan fingerprint density at radius 3 is 3.05 bits per heavy atom. The van der Waals surface area contributed by atoms with Crippen LogP contribution < -0.4 is 11.1 Å². The molecule has 0 saturated carbocycles. The molecule has 0 aliphatic carbocycles. The van der Waals surface area contributed by atoms with Crippen LogP contribution in [0.25, 0.3) is 10.9 Å². The van der Waals surface area contributed by atoms with Crippen LogP contribution in [0.3, 0.4) is 0 Å². The van der Waals surface area contributed by atoms with Gasteiger partial charge < -0.3 is 15.6 Å². The molecule has 1 aromatic carbocycles. The molecule has 0 unspecified atom stereocenters. The predicted octanol–water partition coefficient (Wildman–Crippen LogP) is 2.80. The average molecular weight is 347 g/mol. The number of nitrogens with zero attached hydrogens (tertiary/aromatic N) is 4. The van der Waals surface area contributed by atoms with Crippen molar-refractivity contribution in [1.82, 2.24) is 19.7 Å². The van der Waals surface area contributed by atoms with Crippen LogP contribution in [0.5, 0.6) is 0 Å². The van der Waals surface area contributed by atoms with Crippen molar-refractivity contribution in [2.45, 2.75) is 20.0 Å². The summed E-state index contributed by atoms with van der Waals surface area (Å²) in [5, 5.41) is 12.3. The molecule has 7 heteroatoms. The summed E-state index contributed by atoms with van der Waals surface area (Å²) in [6.45, 7) is 3.49. The van der Waals surface area contributed by atoms with Crippen LogP contribution >= 0.6 is 15.9 Å². The largest absolute Gasteiger partial charge is 0.398 e. The third-order valence-corrected chi connectivity index (χ3v) is 3.76. The molecule has 0 bridgehead atoms. The highest BCUT2D eigenvalue weighted by Gasteiger charge is 2.08. The maximum absolute atomic E-state index is 6.02. The Labute approximate surface area is 130 Å². The van der Waals surface area contributed by atoms with Crippen molar-refractivity contribution in [3.8, 4) is 0 Å². The molecule has 2 aromatic heterocycles. The summed E-state index contributed by atoms with van der Waals surface area (Å²) in [6.07, 6.45) is 3.50. The Morgan fingerprint density at radius 1 is 1.38 bits per heavy atom. The number of halogens is 1. The van der Waals surface area contributed by atoms with Crippen LogP contribution in [-0.2, 0) is 13.1 Å². The molecule has 21 heavy (non-hydrogen) atoms. The Morgan fingerprint density at radius 2 is 2.24 bits per heavy atom. The van der Waals surface area contributed by atoms with E-state index in [-0.39, 0.29) is 0 Å². The zero-order valence-corrected chi connectivity index (χ0v) is 13.1. The van der Waals surface area contributed by atoms with Gasteiger partial charge in [-0.2, -0.15) is 0 Å². The maximum atomic E-state index is 6.02. The number of nitrogens with two attached hydrogens (primary N) is 1. The first-order valence-corrected chi connectivity index (χ1v) is 7.42. The number of nitrogen functional groups attached to an aromatic ring is 1. The van der Waals surface area contributed by atoms with Gasteiger partial charge in [-0.1, -0.05) is 0 Å². The van der Waals surface area contributed by atoms with Gasteiger partial charge in [0, 0.05) is 28.3 Å². The number of rotatable bonds is 4. The lowest BCUT2D eigenvalue weighted by atomic mass is 10.1. The van der Waals surface area contributed by atoms with Crippen molar-refractivity contribution >= 4 is 38.2 Å². The third kappa shape index (κ3) is 2.69. The minimum Gasteiger partial charge on any atom is -0.398 e. The van der Waals surface area contributed by atoms with Crippen molar-refractivity contribution in [1.29, 1.82) is 0 Å². The van der Waals surface area contributed by atoms with Gasteiger partial charge >= 0.3 is 0 Å². The van der Waals surface area contributed by atoms with E-state index in [1.165, 1.54) is 0 Å². The summed E-state index contributed by atoms with van der Waals surface area (Å²) in [6, 6.07) is 5.78. The second-order valence-corrected chi connectivity index (χ2v) is 5.55. The lowest BCUT2D eigenvalue weighted by Gasteiger charge is -2.11. The molecule has 2 heterocycles. The molecule has 0 atom stereocenters. The quantitative estimate of drug-likeness (QED) is 0.710. The highest BCUT2D eigenvalue weighted by atomic mass is 79.9. The second-order valence-electron chi connectivity index (χ2n) is 4.64. The zero-order valence-electron chi connectivity index (χ0n) is 11.5. The summed E-state index contributed by atoms with van der Waals surface area (Å²) in [5.74, 6) is 0.889. The lowest BCUT2D eigenvalue weighted by Crippen LogP contribution is -2.08. The molecular weight excluding hydrogens is 332 g/mol. The lowest BCUT2D eigenvalue weighted by molar-refractivity contribution is 0.708. The first kappa shape index (κ1) is 13.8. The van der Waals surface area contributed by atoms with Crippen LogP contribution in [0.15, 0.2) is 35.2 Å². The van der Waals surface area contributed by atoms with Crippen molar-refractivity contribution in [3.63, 3.8) is 0 Å². The maximum Gasteiger partial charge on any atom is 0.152 e. The van der Waals surface area contributed by atoms with E-state index < -0.39 is 0 Å². The Balaban J connectivity index is 1.92. The van der Waals surface area contributed by atoms with E-state index in [9.17, 15) is 0 Å². The fourth-order valence-electron chi connectivity index (χ4n) is 2.21.